The zero-order valence-electron chi connectivity index (χ0n) is 37.6. The smallest absolute Gasteiger partial charge is 0 e. The number of carbonyl (C=O) groups excluding carboxylic acids is 3. The fourth-order valence-electron chi connectivity index (χ4n) is 5.06. The molecule has 0 aliphatic rings. The summed E-state index contributed by atoms with van der Waals surface area (Å²) in [6.45, 7) is 17.1. The summed E-state index contributed by atoms with van der Waals surface area (Å²) in [6, 6.07) is 33.7. The number of ether oxygens (including phenoxy) is 2. The molecule has 17 heteroatoms. The van der Waals surface area contributed by atoms with Crippen LogP contribution < -0.4 is 0 Å². The summed E-state index contributed by atoms with van der Waals surface area (Å²) >= 11 is 7.76. The van der Waals surface area contributed by atoms with Gasteiger partial charge in [-0.2, -0.15) is 5.26 Å². The molecule has 2 N–H and O–H groups in total. The maximum absolute atomic E-state index is 11.8. The second-order valence-electron chi connectivity index (χ2n) is 13.5. The molecule has 0 amide bonds. The number of aryl methyl sites for hydroxylation is 6. The van der Waals surface area contributed by atoms with Crippen molar-refractivity contribution in [2.75, 3.05) is 13.2 Å². The molecule has 0 fully saturated rings. The molecule has 0 aliphatic heterocycles. The first-order valence-corrected chi connectivity index (χ1v) is 24.1. The van der Waals surface area contributed by atoms with Crippen molar-refractivity contribution in [1.82, 2.24) is 9.97 Å². The standard InChI is InChI=1S/C14H15NO2Se.C12H11NO2Se.C8H8NSe.C8H7N.C6H9ClO3.CH4.B.Se/c1-4-17-14(16)12-10(3)15-13(18-12)11-7-5-6-9(2)8-11;1-7-4-3-5-9(6-7)11-13-8(2)10(16-11)12(14)15;1-6-3-2-4-7(5-6)8(9)10;1-7-3-2-4-8(5-7)6-9;1-3-10-6(9)5(7)4(2)8;;;/h5-8H,4H2,1-3H3;3-6H,1-2H3,(H,14,15);2-5,9H,1H3;2-5H,1H3;5H,3H2,1-2H3;1H4;;. The average molecular weight is 1170 g/mol. The number of Topliss-reactive ketones (excluding diaryl/α,β-unsaturated/α-hetero) is 1. The average Bonchev–Trinajstić information content (AvgIpc) is 3.84. The second-order valence-corrected chi connectivity index (χ2v) is 19.0. The third-order valence-corrected chi connectivity index (χ3v) is 14.0. The maximum Gasteiger partial charge on any atom is 0 e. The number of alkyl halides is 1. The first-order chi connectivity index (χ1) is 29.8. The van der Waals surface area contributed by atoms with Crippen LogP contribution in [0.1, 0.15) is 91.4 Å². The number of rotatable bonds is 9. The Kier molecular flexibility index (Phi) is 31.7. The van der Waals surface area contributed by atoms with E-state index in [9.17, 15) is 19.2 Å². The number of benzene rings is 4. The van der Waals surface area contributed by atoms with E-state index in [1.807, 2.05) is 113 Å². The maximum atomic E-state index is 11.8. The van der Waals surface area contributed by atoms with E-state index in [1.54, 1.807) is 19.9 Å². The van der Waals surface area contributed by atoms with Crippen LogP contribution in [-0.4, -0.2) is 132 Å². The Morgan fingerprint density at radius 2 is 1.17 bits per heavy atom. The molecule has 0 spiro atoms. The number of aromatic nitrogens is 2. The zero-order chi connectivity index (χ0) is 47.2. The van der Waals surface area contributed by atoms with Crippen molar-refractivity contribution >= 4 is 110 Å². The predicted octanol–water partition coefficient (Wildman–Crippen LogP) is 8.70. The van der Waals surface area contributed by atoms with Crippen LogP contribution in [0.2, 0.25) is 0 Å². The molecule has 1 atom stereocenters. The van der Waals surface area contributed by atoms with Crippen molar-refractivity contribution in [3.8, 4) is 26.3 Å². The number of nitrogens with zero attached hydrogens (tertiary/aromatic N) is 3. The van der Waals surface area contributed by atoms with Crippen LogP contribution in [0, 0.1) is 58.3 Å². The quantitative estimate of drug-likeness (QED) is 0.0468. The van der Waals surface area contributed by atoms with Gasteiger partial charge in [0.05, 0.1) is 18.2 Å². The Morgan fingerprint density at radius 1 is 0.742 bits per heavy atom. The largest absolute Gasteiger partial charge is 0 e. The van der Waals surface area contributed by atoms with Gasteiger partial charge in [0.15, 0.2) is 11.2 Å². The first-order valence-electron chi connectivity index (χ1n) is 19.4. The van der Waals surface area contributed by atoms with Gasteiger partial charge in [-0.3, -0.25) is 4.79 Å². The third kappa shape index (κ3) is 22.2. The van der Waals surface area contributed by atoms with E-state index in [1.165, 1.54) is 18.1 Å². The molecule has 11 nitrogen and oxygen atoms in total. The van der Waals surface area contributed by atoms with Crippen molar-refractivity contribution in [3.05, 3.63) is 151 Å². The van der Waals surface area contributed by atoms with Crippen LogP contribution in [0.25, 0.3) is 20.3 Å². The van der Waals surface area contributed by atoms with E-state index in [2.05, 4.69) is 55.8 Å². The Labute approximate surface area is 427 Å². The van der Waals surface area contributed by atoms with Gasteiger partial charge in [0.25, 0.3) is 0 Å². The van der Waals surface area contributed by atoms with Gasteiger partial charge in [-0.05, 0) is 38.5 Å². The number of aromatic carboxylic acids is 1. The predicted molar refractivity (Wildman–Crippen MR) is 270 cm³/mol. The second kappa shape index (κ2) is 32.9. The summed E-state index contributed by atoms with van der Waals surface area (Å²) in [5.41, 5.74) is 9.96. The number of carbonyl (C=O) groups is 4. The molecule has 0 bridgehead atoms. The van der Waals surface area contributed by atoms with E-state index in [-0.39, 0.29) is 80.3 Å². The molecule has 0 aliphatic carbocycles. The summed E-state index contributed by atoms with van der Waals surface area (Å²) in [5, 5.41) is 23.5. The fourth-order valence-corrected chi connectivity index (χ4v) is 9.29. The minimum Gasteiger partial charge on any atom is 0 e. The Balaban J connectivity index is 0. The van der Waals surface area contributed by atoms with Gasteiger partial charge in [0.2, 0.25) is 0 Å². The number of nitrogens with one attached hydrogen (secondary N) is 1. The van der Waals surface area contributed by atoms with Crippen molar-refractivity contribution < 1.29 is 33.8 Å². The zero-order valence-corrected chi connectivity index (χ0v) is 45.2. The number of esters is 2. The van der Waals surface area contributed by atoms with E-state index in [4.69, 9.17) is 32.1 Å². The molecule has 2 aromatic heterocycles. The van der Waals surface area contributed by atoms with E-state index in [0.717, 1.165) is 52.6 Å². The first kappa shape index (κ1) is 63.5. The van der Waals surface area contributed by atoms with Gasteiger partial charge in [-0.15, -0.1) is 11.6 Å². The summed E-state index contributed by atoms with van der Waals surface area (Å²) in [5.74, 6) is -2.12. The van der Waals surface area contributed by atoms with Gasteiger partial charge in [-0.1, -0.05) is 19.6 Å². The number of ketones is 1. The summed E-state index contributed by atoms with van der Waals surface area (Å²) in [7, 11) is 0. The fraction of sp³-hybridized carbons (Fsp3) is 0.265. The third-order valence-electron chi connectivity index (χ3n) is 8.06. The van der Waals surface area contributed by atoms with Crippen molar-refractivity contribution in [2.45, 2.75) is 75.1 Å². The number of nitriles is 1. The molecule has 2 heterocycles. The number of carboxylic acids is 1. The van der Waals surface area contributed by atoms with Crippen molar-refractivity contribution in [3.63, 3.8) is 0 Å². The molecule has 66 heavy (non-hydrogen) atoms. The molecule has 4 aromatic carbocycles. The summed E-state index contributed by atoms with van der Waals surface area (Å²) in [6.07, 6.45) is 0. The Bertz CT molecular complexity index is 2560. The summed E-state index contributed by atoms with van der Waals surface area (Å²) in [4.78, 5) is 52.6. The molecule has 346 valence electrons. The van der Waals surface area contributed by atoms with Crippen LogP contribution in [0.3, 0.4) is 0 Å². The Hall–Kier alpha value is -4.63. The molecule has 0 saturated heterocycles. The topological polar surface area (TPSA) is 180 Å². The SMILES string of the molecule is C.CCOC(=O)C(Cl)C(C)=O.CCOC(=O)c1[se]c(-c2cccc(C)c2)nc1C.Cc1cccc(-c2nc(C)c(C(=O)O)[se]2)c1.Cc1cccc(C#N)c1.Cc1cccc(C(=N)[Se])c1.[B].[Se]. The van der Waals surface area contributed by atoms with E-state index in [0.29, 0.717) is 21.3 Å². The number of hydrogen-bond acceptors (Lipinski definition) is 10. The normalized spacial score (nSPS) is 9.77. The van der Waals surface area contributed by atoms with Crippen LogP contribution in [0.5, 0.6) is 0 Å². The number of hydrogen-bond donors (Lipinski definition) is 2. The van der Waals surface area contributed by atoms with Crippen molar-refractivity contribution in [1.29, 1.82) is 10.7 Å². The number of carboxylic acid groups (broad SMARTS) is 1. The van der Waals surface area contributed by atoms with Gasteiger partial charge in [-0.25, -0.2) is 4.79 Å². The van der Waals surface area contributed by atoms with Crippen LogP contribution in [0.4, 0.5) is 0 Å². The molecule has 0 saturated carbocycles. The molecule has 6 aromatic rings. The minimum atomic E-state index is -1.14. The van der Waals surface area contributed by atoms with Crippen LogP contribution >= 0.6 is 11.6 Å². The van der Waals surface area contributed by atoms with E-state index >= 15 is 0 Å². The molecule has 6 rings (SSSR count). The molecular formula is C49H54BClN4O7Se4. The van der Waals surface area contributed by atoms with Crippen LogP contribution in [0.15, 0.2) is 97.1 Å². The van der Waals surface area contributed by atoms with Crippen molar-refractivity contribution in [2.24, 2.45) is 0 Å². The minimum absolute atomic E-state index is 0. The van der Waals surface area contributed by atoms with Crippen LogP contribution in [-0.2, 0) is 19.1 Å². The van der Waals surface area contributed by atoms with Gasteiger partial charge in [0, 0.05) is 25.5 Å². The molecule has 6 radical (unpaired) electrons. The van der Waals surface area contributed by atoms with Gasteiger partial charge >= 0.3 is 286 Å². The van der Waals surface area contributed by atoms with Gasteiger partial charge < -0.3 is 4.74 Å². The number of halogens is 1. The summed E-state index contributed by atoms with van der Waals surface area (Å²) < 4.78 is 13.1. The molecule has 1 unspecified atom stereocenters. The van der Waals surface area contributed by atoms with E-state index < -0.39 is 17.3 Å². The van der Waals surface area contributed by atoms with Gasteiger partial charge in [0.1, 0.15) is 0 Å². The monoisotopic (exact) mass is 1180 g/mol. The Morgan fingerprint density at radius 3 is 1.52 bits per heavy atom. The molecular weight excluding hydrogens is 1120 g/mol.